The molecule has 21 heavy (non-hydrogen) atoms. The largest absolute Gasteiger partial charge is 0.489 e. The summed E-state index contributed by atoms with van der Waals surface area (Å²) in [4.78, 5) is 0. The van der Waals surface area contributed by atoms with Gasteiger partial charge in [0.2, 0.25) is 0 Å². The fourth-order valence-corrected chi connectivity index (χ4v) is 2.28. The average molecular weight is 285 g/mol. The zero-order valence-corrected chi connectivity index (χ0v) is 12.2. The first kappa shape index (κ1) is 14.1. The van der Waals surface area contributed by atoms with Crippen LogP contribution in [0.1, 0.15) is 29.5 Å². The molecule has 1 N–H and O–H groups in total. The Bertz CT molecular complexity index is 622. The second kappa shape index (κ2) is 6.27. The van der Waals surface area contributed by atoms with Gasteiger partial charge in [-0.1, -0.05) is 24.3 Å². The standard InChI is InChI=1S/C18H20FNO/c1-13-6-7-16(19)10-15(13)12-21-18-5-3-2-4-14(18)11-20-17-8-9-17/h2-7,10,17,20H,8-9,11-12H2,1H3. The highest BCUT2D eigenvalue weighted by Gasteiger charge is 2.20. The van der Waals surface area contributed by atoms with Crippen molar-refractivity contribution in [2.24, 2.45) is 0 Å². The maximum Gasteiger partial charge on any atom is 0.124 e. The quantitative estimate of drug-likeness (QED) is 0.867. The SMILES string of the molecule is Cc1ccc(F)cc1COc1ccccc1CNC1CC1. The fourth-order valence-electron chi connectivity index (χ4n) is 2.28. The van der Waals surface area contributed by atoms with Crippen LogP contribution in [0.4, 0.5) is 4.39 Å². The van der Waals surface area contributed by atoms with Crippen molar-refractivity contribution in [2.45, 2.75) is 39.0 Å². The molecule has 3 heteroatoms. The number of benzene rings is 2. The first-order valence-corrected chi connectivity index (χ1v) is 7.41. The lowest BCUT2D eigenvalue weighted by Gasteiger charge is -2.13. The Morgan fingerprint density at radius 2 is 1.95 bits per heavy atom. The maximum absolute atomic E-state index is 13.3. The lowest BCUT2D eigenvalue weighted by atomic mass is 10.1. The summed E-state index contributed by atoms with van der Waals surface area (Å²) in [5, 5.41) is 3.49. The van der Waals surface area contributed by atoms with Crippen LogP contribution in [0.15, 0.2) is 42.5 Å². The number of aryl methyl sites for hydroxylation is 1. The van der Waals surface area contributed by atoms with E-state index in [0.717, 1.165) is 29.0 Å². The van der Waals surface area contributed by atoms with Crippen molar-refractivity contribution in [3.05, 3.63) is 65.0 Å². The molecular formula is C18H20FNO. The van der Waals surface area contributed by atoms with E-state index < -0.39 is 0 Å². The summed E-state index contributed by atoms with van der Waals surface area (Å²) in [7, 11) is 0. The smallest absolute Gasteiger partial charge is 0.124 e. The van der Waals surface area contributed by atoms with Gasteiger partial charge in [0, 0.05) is 18.2 Å². The number of ether oxygens (including phenoxy) is 1. The van der Waals surface area contributed by atoms with E-state index in [1.54, 1.807) is 12.1 Å². The van der Waals surface area contributed by atoms with Crippen LogP contribution in [-0.4, -0.2) is 6.04 Å². The molecule has 1 fully saturated rings. The number of nitrogens with one attached hydrogen (secondary N) is 1. The Balaban J connectivity index is 1.67. The second-order valence-corrected chi connectivity index (χ2v) is 5.62. The van der Waals surface area contributed by atoms with Crippen molar-refractivity contribution in [1.29, 1.82) is 0 Å². The first-order valence-electron chi connectivity index (χ1n) is 7.41. The molecule has 0 atom stereocenters. The van der Waals surface area contributed by atoms with Crippen molar-refractivity contribution in [3.8, 4) is 5.75 Å². The van der Waals surface area contributed by atoms with Crippen molar-refractivity contribution >= 4 is 0 Å². The molecule has 0 saturated heterocycles. The molecule has 1 aliphatic rings. The summed E-state index contributed by atoms with van der Waals surface area (Å²) in [5.74, 6) is 0.650. The van der Waals surface area contributed by atoms with Gasteiger partial charge in [-0.15, -0.1) is 0 Å². The van der Waals surface area contributed by atoms with E-state index >= 15 is 0 Å². The molecule has 0 aromatic heterocycles. The van der Waals surface area contributed by atoms with Crippen LogP contribution in [0.3, 0.4) is 0 Å². The van der Waals surface area contributed by atoms with Crippen LogP contribution < -0.4 is 10.1 Å². The molecular weight excluding hydrogens is 265 g/mol. The van der Waals surface area contributed by atoms with Crippen LogP contribution in [-0.2, 0) is 13.2 Å². The van der Waals surface area contributed by atoms with Gasteiger partial charge in [0.25, 0.3) is 0 Å². The lowest BCUT2D eigenvalue weighted by molar-refractivity contribution is 0.300. The number of hydrogen-bond acceptors (Lipinski definition) is 2. The third-order valence-electron chi connectivity index (χ3n) is 3.83. The molecule has 1 aliphatic carbocycles. The highest BCUT2D eigenvalue weighted by molar-refractivity contribution is 5.34. The lowest BCUT2D eigenvalue weighted by Crippen LogP contribution is -2.16. The van der Waals surface area contributed by atoms with E-state index in [4.69, 9.17) is 4.74 Å². The molecule has 110 valence electrons. The summed E-state index contributed by atoms with van der Waals surface area (Å²) < 4.78 is 19.2. The highest BCUT2D eigenvalue weighted by atomic mass is 19.1. The predicted molar refractivity (Wildman–Crippen MR) is 81.8 cm³/mol. The number of rotatable bonds is 6. The number of halogens is 1. The van der Waals surface area contributed by atoms with Gasteiger partial charge in [-0.2, -0.15) is 0 Å². The van der Waals surface area contributed by atoms with Crippen molar-refractivity contribution < 1.29 is 9.13 Å². The van der Waals surface area contributed by atoms with Crippen LogP contribution in [0, 0.1) is 12.7 Å². The van der Waals surface area contributed by atoms with Gasteiger partial charge in [0.05, 0.1) is 0 Å². The molecule has 3 rings (SSSR count). The minimum absolute atomic E-state index is 0.220. The van der Waals surface area contributed by atoms with Gasteiger partial charge < -0.3 is 10.1 Å². The molecule has 0 aliphatic heterocycles. The Labute approximate surface area is 125 Å². The molecule has 1 saturated carbocycles. The van der Waals surface area contributed by atoms with Crippen LogP contribution in [0.25, 0.3) is 0 Å². The van der Waals surface area contributed by atoms with Gasteiger partial charge in [0.15, 0.2) is 0 Å². The third kappa shape index (κ3) is 3.82. The molecule has 2 nitrogen and oxygen atoms in total. The maximum atomic E-state index is 13.3. The molecule has 0 amide bonds. The minimum Gasteiger partial charge on any atom is -0.489 e. The topological polar surface area (TPSA) is 21.3 Å². The van der Waals surface area contributed by atoms with E-state index in [0.29, 0.717) is 12.6 Å². The first-order chi connectivity index (χ1) is 10.2. The average Bonchev–Trinajstić information content (AvgIpc) is 3.31. The van der Waals surface area contributed by atoms with E-state index in [-0.39, 0.29) is 5.82 Å². The van der Waals surface area contributed by atoms with Gasteiger partial charge >= 0.3 is 0 Å². The highest BCUT2D eigenvalue weighted by Crippen LogP contribution is 2.23. The number of hydrogen-bond donors (Lipinski definition) is 1. The Morgan fingerprint density at radius 3 is 2.76 bits per heavy atom. The normalized spacial score (nSPS) is 14.2. The summed E-state index contributed by atoms with van der Waals surface area (Å²) in [6.45, 7) is 3.19. The van der Waals surface area contributed by atoms with Gasteiger partial charge in [-0.05, 0) is 49.1 Å². The summed E-state index contributed by atoms with van der Waals surface area (Å²) in [5.41, 5.74) is 3.09. The Hall–Kier alpha value is -1.87. The van der Waals surface area contributed by atoms with Crippen LogP contribution in [0.2, 0.25) is 0 Å². The molecule has 0 spiro atoms. The predicted octanol–water partition coefficient (Wildman–Crippen LogP) is 3.97. The monoisotopic (exact) mass is 285 g/mol. The van der Waals surface area contributed by atoms with E-state index in [1.807, 2.05) is 25.1 Å². The molecule has 0 unspecified atom stereocenters. The van der Waals surface area contributed by atoms with Crippen molar-refractivity contribution in [2.75, 3.05) is 0 Å². The minimum atomic E-state index is -0.220. The Kier molecular flexibility index (Phi) is 4.20. The molecule has 0 heterocycles. The summed E-state index contributed by atoms with van der Waals surface area (Å²) in [6, 6.07) is 13.5. The van der Waals surface area contributed by atoms with Crippen LogP contribution in [0.5, 0.6) is 5.75 Å². The molecule has 2 aromatic rings. The van der Waals surface area contributed by atoms with E-state index in [1.165, 1.54) is 18.9 Å². The molecule has 2 aromatic carbocycles. The summed E-state index contributed by atoms with van der Waals surface area (Å²) >= 11 is 0. The third-order valence-corrected chi connectivity index (χ3v) is 3.83. The Morgan fingerprint density at radius 1 is 1.14 bits per heavy atom. The number of para-hydroxylation sites is 1. The molecule has 0 radical (unpaired) electrons. The van der Waals surface area contributed by atoms with Crippen LogP contribution >= 0.6 is 0 Å². The molecule has 0 bridgehead atoms. The summed E-state index contributed by atoms with van der Waals surface area (Å²) in [6.07, 6.45) is 2.54. The van der Waals surface area contributed by atoms with E-state index in [2.05, 4.69) is 11.4 Å². The van der Waals surface area contributed by atoms with Crippen molar-refractivity contribution in [3.63, 3.8) is 0 Å². The zero-order valence-electron chi connectivity index (χ0n) is 12.2. The van der Waals surface area contributed by atoms with Gasteiger partial charge in [0.1, 0.15) is 18.2 Å². The fraction of sp³-hybridized carbons (Fsp3) is 0.333. The second-order valence-electron chi connectivity index (χ2n) is 5.62. The van der Waals surface area contributed by atoms with E-state index in [9.17, 15) is 4.39 Å². The zero-order chi connectivity index (χ0) is 14.7. The van der Waals surface area contributed by atoms with Gasteiger partial charge in [-0.25, -0.2) is 4.39 Å². The van der Waals surface area contributed by atoms with Crippen molar-refractivity contribution in [1.82, 2.24) is 5.32 Å². The van der Waals surface area contributed by atoms with Gasteiger partial charge in [-0.3, -0.25) is 0 Å².